The molecule has 0 atom stereocenters. The summed E-state index contributed by atoms with van der Waals surface area (Å²) in [6, 6.07) is 14.8. The van der Waals surface area contributed by atoms with E-state index >= 15 is 0 Å². The highest BCUT2D eigenvalue weighted by molar-refractivity contribution is 5.90. The second-order valence-electron chi connectivity index (χ2n) is 5.53. The van der Waals surface area contributed by atoms with Crippen molar-refractivity contribution in [3.05, 3.63) is 59.7 Å². The molecule has 132 valence electrons. The standard InChI is InChI=1S/C19H24N4O2/c1-3-23(11-12-24)18-10-9-16(15(2)13-18)14-20-22-19(25)21-17-7-5-4-6-8-17/h4-10,13-14,24H,3,11-12H2,1-2H3,(H2,21,22,25)/b20-14-. The number of carbonyl (C=O) groups is 1. The van der Waals surface area contributed by atoms with E-state index in [4.69, 9.17) is 5.11 Å². The average Bonchev–Trinajstić information content (AvgIpc) is 2.62. The molecule has 2 aromatic carbocycles. The van der Waals surface area contributed by atoms with Gasteiger partial charge in [0.15, 0.2) is 0 Å². The van der Waals surface area contributed by atoms with Gasteiger partial charge in [0.2, 0.25) is 0 Å². The van der Waals surface area contributed by atoms with Crippen molar-refractivity contribution in [2.24, 2.45) is 5.10 Å². The van der Waals surface area contributed by atoms with Gasteiger partial charge in [-0.25, -0.2) is 10.2 Å². The van der Waals surface area contributed by atoms with Gasteiger partial charge in [-0.05, 0) is 49.2 Å². The average molecular weight is 340 g/mol. The lowest BCUT2D eigenvalue weighted by molar-refractivity contribution is 0.252. The molecule has 0 aromatic heterocycles. The number of benzene rings is 2. The summed E-state index contributed by atoms with van der Waals surface area (Å²) < 4.78 is 0. The third-order valence-electron chi connectivity index (χ3n) is 3.77. The quantitative estimate of drug-likeness (QED) is 0.536. The number of rotatable bonds is 7. The van der Waals surface area contributed by atoms with E-state index in [1.54, 1.807) is 18.3 Å². The largest absolute Gasteiger partial charge is 0.395 e. The molecule has 0 aliphatic heterocycles. The van der Waals surface area contributed by atoms with Gasteiger partial charge in [-0.1, -0.05) is 24.3 Å². The Morgan fingerprint density at radius 2 is 2.00 bits per heavy atom. The fraction of sp³-hybridized carbons (Fsp3) is 0.263. The number of hydrogen-bond acceptors (Lipinski definition) is 4. The number of hydrogen-bond donors (Lipinski definition) is 3. The van der Waals surface area contributed by atoms with Crippen LogP contribution in [0.3, 0.4) is 0 Å². The molecule has 3 N–H and O–H groups in total. The Balaban J connectivity index is 1.95. The van der Waals surface area contributed by atoms with Crippen molar-refractivity contribution < 1.29 is 9.90 Å². The first-order chi connectivity index (χ1) is 12.1. The molecule has 0 saturated heterocycles. The van der Waals surface area contributed by atoms with Crippen LogP contribution >= 0.6 is 0 Å². The second kappa shape index (κ2) is 9.44. The number of hydrazone groups is 1. The van der Waals surface area contributed by atoms with Crippen LogP contribution < -0.4 is 15.6 Å². The first-order valence-electron chi connectivity index (χ1n) is 8.25. The van der Waals surface area contributed by atoms with Crippen molar-refractivity contribution in [3.63, 3.8) is 0 Å². The normalized spacial score (nSPS) is 10.7. The van der Waals surface area contributed by atoms with Crippen molar-refractivity contribution in [2.75, 3.05) is 29.9 Å². The van der Waals surface area contributed by atoms with E-state index < -0.39 is 6.03 Å². The number of anilines is 2. The molecule has 0 heterocycles. The fourth-order valence-electron chi connectivity index (χ4n) is 2.43. The Bertz CT molecular complexity index is 717. The maximum atomic E-state index is 11.8. The molecule has 0 bridgehead atoms. The summed E-state index contributed by atoms with van der Waals surface area (Å²) >= 11 is 0. The number of nitrogens with zero attached hydrogens (tertiary/aromatic N) is 2. The maximum Gasteiger partial charge on any atom is 0.339 e. The van der Waals surface area contributed by atoms with Crippen LogP contribution in [0.25, 0.3) is 0 Å². The Morgan fingerprint density at radius 1 is 1.24 bits per heavy atom. The molecule has 0 spiro atoms. The maximum absolute atomic E-state index is 11.8. The van der Waals surface area contributed by atoms with E-state index in [-0.39, 0.29) is 6.61 Å². The molecule has 6 nitrogen and oxygen atoms in total. The van der Waals surface area contributed by atoms with Crippen molar-refractivity contribution in [1.82, 2.24) is 5.43 Å². The number of urea groups is 1. The zero-order chi connectivity index (χ0) is 18.1. The first-order valence-corrected chi connectivity index (χ1v) is 8.25. The van der Waals surface area contributed by atoms with Gasteiger partial charge in [0.1, 0.15) is 0 Å². The minimum Gasteiger partial charge on any atom is -0.395 e. The lowest BCUT2D eigenvalue weighted by atomic mass is 10.1. The Labute approximate surface area is 148 Å². The van der Waals surface area contributed by atoms with Crippen molar-refractivity contribution in [2.45, 2.75) is 13.8 Å². The summed E-state index contributed by atoms with van der Waals surface area (Å²) in [6.07, 6.45) is 1.62. The molecule has 2 aromatic rings. The smallest absolute Gasteiger partial charge is 0.339 e. The molecule has 6 heteroatoms. The predicted octanol–water partition coefficient (Wildman–Crippen LogP) is 2.97. The summed E-state index contributed by atoms with van der Waals surface area (Å²) in [5.41, 5.74) is 6.18. The van der Waals surface area contributed by atoms with E-state index in [1.165, 1.54) is 0 Å². The van der Waals surface area contributed by atoms with Gasteiger partial charge in [-0.3, -0.25) is 0 Å². The SMILES string of the molecule is CCN(CCO)c1ccc(/C=N\NC(=O)Nc2ccccc2)c(C)c1. The van der Waals surface area contributed by atoms with Crippen molar-refractivity contribution in [3.8, 4) is 0 Å². The van der Waals surface area contributed by atoms with Crippen LogP contribution in [-0.2, 0) is 0 Å². The molecule has 0 saturated carbocycles. The summed E-state index contributed by atoms with van der Waals surface area (Å²) in [5.74, 6) is 0. The number of amides is 2. The predicted molar refractivity (Wildman–Crippen MR) is 102 cm³/mol. The molecule has 0 fully saturated rings. The topological polar surface area (TPSA) is 77.0 Å². The van der Waals surface area contributed by atoms with Gasteiger partial charge in [-0.15, -0.1) is 0 Å². The first kappa shape index (κ1) is 18.5. The van der Waals surface area contributed by atoms with E-state index in [1.807, 2.05) is 43.3 Å². The zero-order valence-corrected chi connectivity index (χ0v) is 14.6. The molecular formula is C19H24N4O2. The van der Waals surface area contributed by atoms with Crippen molar-refractivity contribution in [1.29, 1.82) is 0 Å². The van der Waals surface area contributed by atoms with E-state index in [0.717, 1.165) is 23.4 Å². The van der Waals surface area contributed by atoms with Gasteiger partial charge in [0.25, 0.3) is 0 Å². The third-order valence-corrected chi connectivity index (χ3v) is 3.77. The van der Waals surface area contributed by atoms with Gasteiger partial charge < -0.3 is 15.3 Å². The lowest BCUT2D eigenvalue weighted by Gasteiger charge is -2.22. The van der Waals surface area contributed by atoms with Crippen LogP contribution in [0.5, 0.6) is 0 Å². The molecule has 2 rings (SSSR count). The van der Waals surface area contributed by atoms with Crippen LogP contribution in [0.15, 0.2) is 53.6 Å². The number of aliphatic hydroxyl groups excluding tert-OH is 1. The van der Waals surface area contributed by atoms with Crippen LogP contribution in [0.2, 0.25) is 0 Å². The monoisotopic (exact) mass is 340 g/mol. The number of nitrogens with one attached hydrogen (secondary N) is 2. The van der Waals surface area contributed by atoms with Crippen LogP contribution in [0.4, 0.5) is 16.2 Å². The minimum absolute atomic E-state index is 0.122. The summed E-state index contributed by atoms with van der Waals surface area (Å²) in [4.78, 5) is 13.9. The van der Waals surface area contributed by atoms with E-state index in [2.05, 4.69) is 27.7 Å². The molecule has 2 amide bonds. The summed E-state index contributed by atoms with van der Waals surface area (Å²) in [5, 5.41) is 15.8. The van der Waals surface area contributed by atoms with Gasteiger partial charge in [0.05, 0.1) is 12.8 Å². The summed E-state index contributed by atoms with van der Waals surface area (Å²) in [6.45, 7) is 5.59. The third kappa shape index (κ3) is 5.61. The number of carbonyl (C=O) groups excluding carboxylic acids is 1. The molecular weight excluding hydrogens is 316 g/mol. The van der Waals surface area contributed by atoms with Crippen LogP contribution in [-0.4, -0.2) is 37.0 Å². The summed E-state index contributed by atoms with van der Waals surface area (Å²) in [7, 11) is 0. The highest BCUT2D eigenvalue weighted by Gasteiger charge is 2.05. The Hall–Kier alpha value is -2.86. The highest BCUT2D eigenvalue weighted by Crippen LogP contribution is 2.18. The van der Waals surface area contributed by atoms with Gasteiger partial charge >= 0.3 is 6.03 Å². The molecule has 25 heavy (non-hydrogen) atoms. The highest BCUT2D eigenvalue weighted by atomic mass is 16.3. The van der Waals surface area contributed by atoms with Gasteiger partial charge in [0, 0.05) is 24.5 Å². The molecule has 0 aliphatic rings. The number of likely N-dealkylation sites (N-methyl/N-ethyl adjacent to an activating group) is 1. The molecule has 0 aliphatic carbocycles. The zero-order valence-electron chi connectivity index (χ0n) is 14.6. The number of para-hydroxylation sites is 1. The molecule has 0 unspecified atom stereocenters. The number of aryl methyl sites for hydroxylation is 1. The van der Waals surface area contributed by atoms with E-state index in [9.17, 15) is 4.79 Å². The second-order valence-corrected chi connectivity index (χ2v) is 5.53. The van der Waals surface area contributed by atoms with Crippen molar-refractivity contribution >= 4 is 23.6 Å². The lowest BCUT2D eigenvalue weighted by Crippen LogP contribution is -2.26. The van der Waals surface area contributed by atoms with Crippen LogP contribution in [0, 0.1) is 6.92 Å². The Kier molecular flexibility index (Phi) is 6.98. The number of aliphatic hydroxyl groups is 1. The van der Waals surface area contributed by atoms with Gasteiger partial charge in [-0.2, -0.15) is 5.10 Å². The fourth-order valence-corrected chi connectivity index (χ4v) is 2.43. The molecule has 0 radical (unpaired) electrons. The Morgan fingerprint density at radius 3 is 2.64 bits per heavy atom. The van der Waals surface area contributed by atoms with Crippen LogP contribution in [0.1, 0.15) is 18.1 Å². The minimum atomic E-state index is -0.392. The van der Waals surface area contributed by atoms with E-state index in [0.29, 0.717) is 12.2 Å².